The number of nitrogens with zero attached hydrogens (tertiary/aromatic N) is 1. The number of likely N-dealkylation sites (tertiary alicyclic amines) is 1. The highest BCUT2D eigenvalue weighted by Gasteiger charge is 2.15. The van der Waals surface area contributed by atoms with E-state index in [0.717, 1.165) is 12.5 Å². The first-order valence-electron chi connectivity index (χ1n) is 4.29. The molecule has 10 heavy (non-hydrogen) atoms. The molecule has 0 aromatic rings. The molecule has 2 nitrogen and oxygen atoms in total. The summed E-state index contributed by atoms with van der Waals surface area (Å²) in [5, 5.41) is 0. The van der Waals surface area contributed by atoms with E-state index < -0.39 is 0 Å². The number of nitrogens with two attached hydrogens (primary N) is 1. The minimum atomic E-state index is 0.808. The molecule has 0 aliphatic carbocycles. The van der Waals surface area contributed by atoms with Crippen molar-refractivity contribution < 1.29 is 0 Å². The van der Waals surface area contributed by atoms with E-state index in [1.165, 1.54) is 32.5 Å². The molecule has 0 spiro atoms. The lowest BCUT2D eigenvalue weighted by molar-refractivity contribution is 0.196. The molecule has 1 aliphatic rings. The minimum absolute atomic E-state index is 0.808. The van der Waals surface area contributed by atoms with Crippen LogP contribution < -0.4 is 5.73 Å². The van der Waals surface area contributed by atoms with E-state index in [2.05, 4.69) is 11.8 Å². The summed E-state index contributed by atoms with van der Waals surface area (Å²) in [5.74, 6) is 0.808. The molecule has 0 saturated carbocycles. The summed E-state index contributed by atoms with van der Waals surface area (Å²) in [6.45, 7) is 6.84. The molecule has 1 heterocycles. The Bertz CT molecular complexity index is 73.3. The van der Waals surface area contributed by atoms with E-state index in [1.54, 1.807) is 0 Å². The van der Waals surface area contributed by atoms with Crippen molar-refractivity contribution in [3.8, 4) is 0 Å². The van der Waals surface area contributed by atoms with Crippen molar-refractivity contribution in [3.63, 3.8) is 0 Å². The summed E-state index contributed by atoms with van der Waals surface area (Å²) in [5.41, 5.74) is 5.57. The van der Waals surface area contributed by atoms with Crippen LogP contribution in [0.5, 0.6) is 0 Å². The predicted octanol–water partition coefficient (Wildman–Crippen LogP) is 0.677. The maximum Gasteiger partial charge on any atom is -0.00157 e. The molecule has 0 atom stereocenters. The lowest BCUT2D eigenvalue weighted by Crippen LogP contribution is -2.35. The van der Waals surface area contributed by atoms with Gasteiger partial charge in [0.05, 0.1) is 0 Å². The van der Waals surface area contributed by atoms with Gasteiger partial charge in [0.1, 0.15) is 0 Å². The molecule has 0 amide bonds. The predicted molar refractivity (Wildman–Crippen MR) is 43.9 cm³/mol. The van der Waals surface area contributed by atoms with Crippen LogP contribution in [-0.4, -0.2) is 31.1 Å². The molecule has 0 radical (unpaired) electrons. The Morgan fingerprint density at radius 1 is 1.40 bits per heavy atom. The molecule has 0 aromatic heterocycles. The second kappa shape index (κ2) is 3.94. The summed E-state index contributed by atoms with van der Waals surface area (Å²) in [4.78, 5) is 2.49. The van der Waals surface area contributed by atoms with Crippen LogP contribution in [0.1, 0.15) is 19.8 Å². The average Bonchev–Trinajstić information content (AvgIpc) is 2.05. The first-order chi connectivity index (χ1) is 4.86. The Labute approximate surface area is 63.4 Å². The van der Waals surface area contributed by atoms with Gasteiger partial charge in [0, 0.05) is 0 Å². The lowest BCUT2D eigenvalue weighted by Gasteiger charge is -2.30. The fourth-order valence-corrected chi connectivity index (χ4v) is 1.54. The van der Waals surface area contributed by atoms with E-state index in [9.17, 15) is 0 Å². The third-order valence-electron chi connectivity index (χ3n) is 2.49. The van der Waals surface area contributed by atoms with E-state index in [1.807, 2.05) is 0 Å². The first-order valence-corrected chi connectivity index (χ1v) is 4.29. The van der Waals surface area contributed by atoms with Crippen LogP contribution in [0.2, 0.25) is 0 Å². The molecule has 1 saturated heterocycles. The maximum absolute atomic E-state index is 5.57. The number of hydrogen-bond acceptors (Lipinski definition) is 2. The standard InChI is InChI=1S/C8H18N2/c1-2-10-5-3-8(7-9)4-6-10/h8H,2-7,9H2,1H3. The SMILES string of the molecule is CCN1CCC(CN)CC1. The van der Waals surface area contributed by atoms with Gasteiger partial charge in [-0.25, -0.2) is 0 Å². The molecule has 1 rings (SSSR count). The fraction of sp³-hybridized carbons (Fsp3) is 1.00. The summed E-state index contributed by atoms with van der Waals surface area (Å²) >= 11 is 0. The van der Waals surface area contributed by atoms with E-state index in [-0.39, 0.29) is 0 Å². The highest BCUT2D eigenvalue weighted by atomic mass is 15.1. The molecule has 0 bridgehead atoms. The van der Waals surface area contributed by atoms with E-state index in [4.69, 9.17) is 5.73 Å². The number of hydrogen-bond donors (Lipinski definition) is 1. The average molecular weight is 142 g/mol. The Morgan fingerprint density at radius 2 is 2.00 bits per heavy atom. The van der Waals surface area contributed by atoms with Crippen LogP contribution in [0, 0.1) is 5.92 Å². The molecule has 1 aliphatic heterocycles. The van der Waals surface area contributed by atoms with Crippen molar-refractivity contribution in [2.45, 2.75) is 19.8 Å². The van der Waals surface area contributed by atoms with Crippen molar-refractivity contribution in [3.05, 3.63) is 0 Å². The third kappa shape index (κ3) is 1.96. The highest BCUT2D eigenvalue weighted by molar-refractivity contribution is 4.71. The highest BCUT2D eigenvalue weighted by Crippen LogP contribution is 2.14. The van der Waals surface area contributed by atoms with Crippen molar-refractivity contribution >= 4 is 0 Å². The van der Waals surface area contributed by atoms with Crippen LogP contribution in [0.15, 0.2) is 0 Å². The minimum Gasteiger partial charge on any atom is -0.330 e. The topological polar surface area (TPSA) is 29.3 Å². The molecule has 60 valence electrons. The van der Waals surface area contributed by atoms with Gasteiger partial charge in [-0.15, -0.1) is 0 Å². The quantitative estimate of drug-likeness (QED) is 0.614. The molecule has 0 unspecified atom stereocenters. The Morgan fingerprint density at radius 3 is 2.40 bits per heavy atom. The van der Waals surface area contributed by atoms with Crippen LogP contribution in [0.4, 0.5) is 0 Å². The largest absolute Gasteiger partial charge is 0.330 e. The second-order valence-electron chi connectivity index (χ2n) is 3.11. The Hall–Kier alpha value is -0.0800. The first kappa shape index (κ1) is 8.02. The van der Waals surface area contributed by atoms with Crippen molar-refractivity contribution in [1.82, 2.24) is 4.90 Å². The molecule has 2 heteroatoms. The van der Waals surface area contributed by atoms with Gasteiger partial charge in [-0.2, -0.15) is 0 Å². The van der Waals surface area contributed by atoms with Crippen LogP contribution >= 0.6 is 0 Å². The second-order valence-corrected chi connectivity index (χ2v) is 3.11. The number of rotatable bonds is 2. The van der Waals surface area contributed by atoms with Gasteiger partial charge in [-0.1, -0.05) is 6.92 Å². The van der Waals surface area contributed by atoms with Crippen molar-refractivity contribution in [2.24, 2.45) is 11.7 Å². The van der Waals surface area contributed by atoms with Gasteiger partial charge in [-0.05, 0) is 44.9 Å². The van der Waals surface area contributed by atoms with Gasteiger partial charge in [-0.3, -0.25) is 0 Å². The van der Waals surface area contributed by atoms with Gasteiger partial charge >= 0.3 is 0 Å². The zero-order valence-electron chi connectivity index (χ0n) is 6.84. The van der Waals surface area contributed by atoms with Crippen LogP contribution in [0.3, 0.4) is 0 Å². The number of piperidine rings is 1. The van der Waals surface area contributed by atoms with Gasteiger partial charge < -0.3 is 10.6 Å². The summed E-state index contributed by atoms with van der Waals surface area (Å²) in [7, 11) is 0. The zero-order chi connectivity index (χ0) is 7.40. The normalized spacial score (nSPS) is 23.4. The Balaban J connectivity index is 2.17. The summed E-state index contributed by atoms with van der Waals surface area (Å²) in [6.07, 6.45) is 2.62. The van der Waals surface area contributed by atoms with Crippen molar-refractivity contribution in [1.29, 1.82) is 0 Å². The monoisotopic (exact) mass is 142 g/mol. The molecular weight excluding hydrogens is 124 g/mol. The molecule has 1 fully saturated rings. The Kier molecular flexibility index (Phi) is 3.16. The third-order valence-corrected chi connectivity index (χ3v) is 2.49. The summed E-state index contributed by atoms with van der Waals surface area (Å²) < 4.78 is 0. The van der Waals surface area contributed by atoms with E-state index >= 15 is 0 Å². The lowest BCUT2D eigenvalue weighted by atomic mass is 9.97. The molecular formula is C8H18N2. The summed E-state index contributed by atoms with van der Waals surface area (Å²) in [6, 6.07) is 0. The fourth-order valence-electron chi connectivity index (χ4n) is 1.54. The molecule has 0 aromatic carbocycles. The zero-order valence-corrected chi connectivity index (χ0v) is 6.84. The maximum atomic E-state index is 5.57. The van der Waals surface area contributed by atoms with E-state index in [0.29, 0.717) is 0 Å². The molecule has 2 N–H and O–H groups in total. The van der Waals surface area contributed by atoms with Gasteiger partial charge in [0.25, 0.3) is 0 Å². The van der Waals surface area contributed by atoms with Gasteiger partial charge in [0.15, 0.2) is 0 Å². The van der Waals surface area contributed by atoms with Crippen LogP contribution in [0.25, 0.3) is 0 Å². The van der Waals surface area contributed by atoms with Crippen LogP contribution in [-0.2, 0) is 0 Å². The smallest absolute Gasteiger partial charge is 0.00157 e. The van der Waals surface area contributed by atoms with Gasteiger partial charge in [0.2, 0.25) is 0 Å². The van der Waals surface area contributed by atoms with Crippen molar-refractivity contribution in [2.75, 3.05) is 26.2 Å².